The Labute approximate surface area is 185 Å². The van der Waals surface area contributed by atoms with Crippen molar-refractivity contribution in [2.75, 3.05) is 0 Å². The fraction of sp³-hybridized carbons (Fsp3) is 0.769. The molecule has 30 heavy (non-hydrogen) atoms. The second kappa shape index (κ2) is 22.1. The van der Waals surface area contributed by atoms with Crippen LogP contribution in [-0.2, 0) is 14.3 Å². The first-order valence-corrected chi connectivity index (χ1v) is 12.3. The van der Waals surface area contributed by atoms with Crippen molar-refractivity contribution in [1.82, 2.24) is 0 Å². The Balaban J connectivity index is 4.27. The van der Waals surface area contributed by atoms with E-state index in [9.17, 15) is 9.59 Å². The fourth-order valence-corrected chi connectivity index (χ4v) is 3.31. The van der Waals surface area contributed by atoms with Crippen LogP contribution >= 0.6 is 0 Å². The molecule has 0 aromatic rings. The van der Waals surface area contributed by atoms with Gasteiger partial charge in [0.05, 0.1) is 0 Å². The summed E-state index contributed by atoms with van der Waals surface area (Å²) in [6.45, 7) is 4.40. The van der Waals surface area contributed by atoms with Crippen molar-refractivity contribution < 1.29 is 19.4 Å². The van der Waals surface area contributed by atoms with Crippen LogP contribution in [0.3, 0.4) is 0 Å². The smallest absolute Gasteiger partial charge is 0.306 e. The van der Waals surface area contributed by atoms with E-state index >= 15 is 0 Å². The molecule has 1 atom stereocenters. The van der Waals surface area contributed by atoms with E-state index < -0.39 is 5.97 Å². The van der Waals surface area contributed by atoms with E-state index in [0.29, 0.717) is 6.42 Å². The Morgan fingerprint density at radius 1 is 0.767 bits per heavy atom. The highest BCUT2D eigenvalue weighted by atomic mass is 16.5. The Bertz CT molecular complexity index is 468. The van der Waals surface area contributed by atoms with Gasteiger partial charge < -0.3 is 9.84 Å². The van der Waals surface area contributed by atoms with E-state index in [1.165, 1.54) is 38.5 Å². The normalized spacial score (nSPS) is 12.6. The Kier molecular flexibility index (Phi) is 20.9. The van der Waals surface area contributed by atoms with Gasteiger partial charge in [-0.05, 0) is 51.0 Å². The molecular weight excluding hydrogens is 376 g/mol. The number of carbonyl (C=O) groups excluding carboxylic acids is 1. The van der Waals surface area contributed by atoms with Crippen LogP contribution in [0.2, 0.25) is 0 Å². The highest BCUT2D eigenvalue weighted by molar-refractivity contribution is 5.69. The maximum Gasteiger partial charge on any atom is 0.306 e. The number of esters is 1. The number of unbranched alkanes of at least 4 members (excludes halogenated alkanes) is 10. The maximum atomic E-state index is 12.2. The van der Waals surface area contributed by atoms with Crippen molar-refractivity contribution in [1.29, 1.82) is 0 Å². The lowest BCUT2D eigenvalue weighted by Gasteiger charge is -2.14. The van der Waals surface area contributed by atoms with Crippen molar-refractivity contribution in [2.45, 2.75) is 129 Å². The van der Waals surface area contributed by atoms with Gasteiger partial charge in [-0.3, -0.25) is 9.59 Å². The summed E-state index contributed by atoms with van der Waals surface area (Å²) in [4.78, 5) is 22.8. The van der Waals surface area contributed by atoms with Crippen LogP contribution in [0.4, 0.5) is 0 Å². The van der Waals surface area contributed by atoms with Gasteiger partial charge >= 0.3 is 11.9 Å². The minimum Gasteiger partial charge on any atom is -0.481 e. The lowest BCUT2D eigenvalue weighted by molar-refractivity contribution is -0.147. The molecule has 0 fully saturated rings. The molecule has 0 saturated carbocycles. The minimum absolute atomic E-state index is 0.0952. The molecule has 0 saturated heterocycles. The molecule has 0 aromatic heterocycles. The van der Waals surface area contributed by atoms with E-state index in [1.807, 2.05) is 6.08 Å². The molecule has 0 spiro atoms. The van der Waals surface area contributed by atoms with Gasteiger partial charge in [0, 0.05) is 12.8 Å². The zero-order valence-electron chi connectivity index (χ0n) is 19.6. The highest BCUT2D eigenvalue weighted by Gasteiger charge is 2.11. The molecule has 0 aromatic carbocycles. The summed E-state index contributed by atoms with van der Waals surface area (Å²) in [5.74, 6) is -0.825. The van der Waals surface area contributed by atoms with E-state index in [4.69, 9.17) is 9.84 Å². The largest absolute Gasteiger partial charge is 0.481 e. The predicted molar refractivity (Wildman–Crippen MR) is 126 cm³/mol. The number of aliphatic carboxylic acids is 1. The number of ether oxygens (including phenoxy) is 1. The first-order valence-electron chi connectivity index (χ1n) is 12.3. The Morgan fingerprint density at radius 3 is 2.10 bits per heavy atom. The van der Waals surface area contributed by atoms with Gasteiger partial charge in [-0.15, -0.1) is 0 Å². The molecule has 4 nitrogen and oxygen atoms in total. The van der Waals surface area contributed by atoms with Gasteiger partial charge in [0.1, 0.15) is 6.10 Å². The zero-order chi connectivity index (χ0) is 22.3. The van der Waals surface area contributed by atoms with Gasteiger partial charge in [-0.25, -0.2) is 0 Å². The molecule has 0 radical (unpaired) electrons. The Hall–Kier alpha value is -1.58. The van der Waals surface area contributed by atoms with Crippen molar-refractivity contribution >= 4 is 11.9 Å². The molecule has 1 N–H and O–H groups in total. The standard InChI is InChI=1S/C26H46O4/c1-3-5-7-9-10-11-13-16-20-24(21-17-14-15-18-22-25(27)28)30-26(29)23-19-12-8-6-4-2/h10-11,16,20,24H,3-9,12-15,17-19,21-23H2,1-2H3,(H,27,28)/b11-10-,20-16-. The predicted octanol–water partition coefficient (Wildman–Crippen LogP) is 7.77. The van der Waals surface area contributed by atoms with E-state index in [1.54, 1.807) is 0 Å². The summed E-state index contributed by atoms with van der Waals surface area (Å²) in [6, 6.07) is 0. The number of hydrogen-bond donors (Lipinski definition) is 1. The van der Waals surface area contributed by atoms with Gasteiger partial charge in [-0.2, -0.15) is 0 Å². The maximum absolute atomic E-state index is 12.2. The summed E-state index contributed by atoms with van der Waals surface area (Å²) < 4.78 is 5.72. The van der Waals surface area contributed by atoms with Crippen molar-refractivity contribution in [3.63, 3.8) is 0 Å². The van der Waals surface area contributed by atoms with Crippen molar-refractivity contribution in [2.24, 2.45) is 0 Å². The molecule has 174 valence electrons. The van der Waals surface area contributed by atoms with Gasteiger partial charge in [0.15, 0.2) is 0 Å². The second-order valence-corrected chi connectivity index (χ2v) is 8.17. The van der Waals surface area contributed by atoms with E-state index in [-0.39, 0.29) is 18.5 Å². The van der Waals surface area contributed by atoms with Crippen LogP contribution in [0.1, 0.15) is 123 Å². The van der Waals surface area contributed by atoms with Gasteiger partial charge in [0.2, 0.25) is 0 Å². The molecule has 0 heterocycles. The van der Waals surface area contributed by atoms with Gasteiger partial charge in [-0.1, -0.05) is 83.4 Å². The number of carboxylic acid groups (broad SMARTS) is 1. The molecule has 4 heteroatoms. The summed E-state index contributed by atoms with van der Waals surface area (Å²) in [5, 5.41) is 8.70. The van der Waals surface area contributed by atoms with Crippen LogP contribution in [0.15, 0.2) is 24.3 Å². The minimum atomic E-state index is -0.730. The fourth-order valence-electron chi connectivity index (χ4n) is 3.31. The second-order valence-electron chi connectivity index (χ2n) is 8.17. The lowest BCUT2D eigenvalue weighted by atomic mass is 10.1. The lowest BCUT2D eigenvalue weighted by Crippen LogP contribution is -2.16. The van der Waals surface area contributed by atoms with Crippen LogP contribution in [-0.4, -0.2) is 23.1 Å². The van der Waals surface area contributed by atoms with Gasteiger partial charge in [0.25, 0.3) is 0 Å². The molecule has 0 rings (SSSR count). The SMILES string of the molecule is CCCCC/C=C\C/C=C\C(CCCCCCC(=O)O)OC(=O)CCCCCCC. The number of carbonyl (C=O) groups is 2. The highest BCUT2D eigenvalue weighted by Crippen LogP contribution is 2.13. The zero-order valence-corrected chi connectivity index (χ0v) is 19.6. The van der Waals surface area contributed by atoms with Crippen molar-refractivity contribution in [3.05, 3.63) is 24.3 Å². The topological polar surface area (TPSA) is 63.6 Å². The van der Waals surface area contributed by atoms with E-state index in [2.05, 4.69) is 32.1 Å². The first-order chi connectivity index (χ1) is 14.6. The molecule has 0 aliphatic heterocycles. The Morgan fingerprint density at radius 2 is 1.40 bits per heavy atom. The average Bonchev–Trinajstić information content (AvgIpc) is 2.71. The molecule has 0 aliphatic carbocycles. The van der Waals surface area contributed by atoms with E-state index in [0.717, 1.165) is 57.8 Å². The summed E-state index contributed by atoms with van der Waals surface area (Å²) in [6.07, 6.45) is 24.9. The summed E-state index contributed by atoms with van der Waals surface area (Å²) in [7, 11) is 0. The van der Waals surface area contributed by atoms with Crippen LogP contribution < -0.4 is 0 Å². The number of carboxylic acids is 1. The third kappa shape index (κ3) is 21.1. The molecule has 0 aliphatic rings. The van der Waals surface area contributed by atoms with Crippen LogP contribution in [0.5, 0.6) is 0 Å². The summed E-state index contributed by atoms with van der Waals surface area (Å²) >= 11 is 0. The number of rotatable bonds is 21. The average molecular weight is 423 g/mol. The third-order valence-electron chi connectivity index (χ3n) is 5.16. The van der Waals surface area contributed by atoms with Crippen molar-refractivity contribution in [3.8, 4) is 0 Å². The number of hydrogen-bond acceptors (Lipinski definition) is 3. The first kappa shape index (κ1) is 28.4. The molecule has 0 amide bonds. The van der Waals surface area contributed by atoms with Crippen LogP contribution in [0, 0.1) is 0 Å². The molecule has 1 unspecified atom stereocenters. The van der Waals surface area contributed by atoms with Crippen LogP contribution in [0.25, 0.3) is 0 Å². The molecule has 0 bridgehead atoms. The summed E-state index contributed by atoms with van der Waals surface area (Å²) in [5.41, 5.74) is 0. The number of allylic oxidation sites excluding steroid dienone is 3. The molecular formula is C26H46O4. The third-order valence-corrected chi connectivity index (χ3v) is 5.16. The monoisotopic (exact) mass is 422 g/mol. The quantitative estimate of drug-likeness (QED) is 0.117.